The van der Waals surface area contributed by atoms with Crippen LogP contribution in [0.1, 0.15) is 157 Å². The largest absolute Gasteiger partial charge is 0.289 e. The van der Waals surface area contributed by atoms with E-state index in [1.807, 2.05) is 49.5 Å². The molecule has 6 heteroatoms. The molecule has 0 spiro atoms. The Morgan fingerprint density at radius 1 is 0.368 bits per heavy atom. The molecule has 2 heterocycles. The monoisotopic (exact) mass is 947 g/mol. The zero-order valence-corrected chi connectivity index (χ0v) is 45.7. The van der Waals surface area contributed by atoms with E-state index in [4.69, 9.17) is 0 Å². The third kappa shape index (κ3) is 12.0. The van der Waals surface area contributed by atoms with E-state index in [-0.39, 0.29) is 50.2 Å². The minimum Gasteiger partial charge on any atom is -0.289 e. The Bertz CT molecular complexity index is 2820. The number of carbonyl (C=O) groups excluding carboxylic acids is 4. The lowest BCUT2D eigenvalue weighted by Crippen LogP contribution is -2.30. The molecule has 0 N–H and O–H groups in total. The molecular formula is C62H74O4S2. The number of carbonyl (C=O) groups is 4. The van der Waals surface area contributed by atoms with E-state index in [9.17, 15) is 19.2 Å². The summed E-state index contributed by atoms with van der Waals surface area (Å²) in [6.07, 6.45) is 26.0. The quantitative estimate of drug-likeness (QED) is 0.264. The van der Waals surface area contributed by atoms with Crippen molar-refractivity contribution in [2.45, 2.75) is 137 Å². The molecule has 4 aliphatic rings. The molecule has 0 atom stereocenters. The van der Waals surface area contributed by atoms with Gasteiger partial charge in [-0.3, -0.25) is 19.2 Å². The molecule has 0 amide bonds. The molecule has 6 rings (SSSR count). The van der Waals surface area contributed by atoms with Crippen molar-refractivity contribution in [3.63, 3.8) is 0 Å². The topological polar surface area (TPSA) is 68.3 Å². The van der Waals surface area contributed by atoms with Gasteiger partial charge in [0.15, 0.2) is 23.1 Å². The Kier molecular flexibility index (Phi) is 14.4. The van der Waals surface area contributed by atoms with Crippen LogP contribution in [-0.4, -0.2) is 23.1 Å². The van der Waals surface area contributed by atoms with E-state index >= 15 is 0 Å². The van der Waals surface area contributed by atoms with E-state index in [0.717, 1.165) is 86.4 Å². The van der Waals surface area contributed by atoms with Crippen LogP contribution in [0, 0.1) is 32.5 Å². The average Bonchev–Trinajstić information content (AvgIpc) is 3.83. The Balaban J connectivity index is 1.29. The molecule has 4 nitrogen and oxygen atoms in total. The molecule has 358 valence electrons. The Morgan fingerprint density at radius 3 is 1.00 bits per heavy atom. The van der Waals surface area contributed by atoms with Crippen LogP contribution in [0.25, 0.3) is 24.3 Å². The lowest BCUT2D eigenvalue weighted by atomic mass is 9.68. The summed E-state index contributed by atoms with van der Waals surface area (Å²) < 4.78 is 0. The van der Waals surface area contributed by atoms with E-state index in [2.05, 4.69) is 172 Å². The number of hydrogen-bond donors (Lipinski definition) is 0. The second-order valence-electron chi connectivity index (χ2n) is 24.9. The zero-order valence-electron chi connectivity index (χ0n) is 44.1. The van der Waals surface area contributed by atoms with E-state index in [0.29, 0.717) is 12.8 Å². The number of ketones is 4. The first-order valence-electron chi connectivity index (χ1n) is 24.1. The van der Waals surface area contributed by atoms with Gasteiger partial charge in [0.25, 0.3) is 0 Å². The minimum atomic E-state index is -0.541. The van der Waals surface area contributed by atoms with E-state index < -0.39 is 5.41 Å². The van der Waals surface area contributed by atoms with Crippen LogP contribution < -0.4 is 0 Å². The normalized spacial score (nSPS) is 20.0. The Labute approximate surface area is 416 Å². The number of Topliss-reactive ketones (excluding diaryl/α,β-unsaturated/α-hetero) is 4. The standard InChI is InChI=1S/C62H74O4S2/c1-37-25-38(31-47(53(37)63)57(2,3)4)27-43-19-20-44(67-43)28-39-26-42(54(64)48(32-39)58(5,6)7)23-24-62(17,18)52-36-41(35-51(56(52)66)61(14,15)16)30-46-22-21-45(68-46)29-40-33-49(59(8,9)10)55(65)50(34-40)60(11,12)13/h19-22,25-36H,23-24H2,1-18H3/b38-27-,39-28-,41-30+. The van der Waals surface area contributed by atoms with Crippen molar-refractivity contribution in [2.24, 2.45) is 32.5 Å². The second kappa shape index (κ2) is 18.7. The SMILES string of the molecule is CC1=C/C(=C/c2ccc(/C=C3/C=C(CCC(C)(C)C4=C/C(=C/c5ccc(C=C6C=C(C(C)(C)C)C(=O)C(C(C)(C)C)=C6)s5)C=C(C(C)(C)C)C4=O)C(=O)C(C(C)(C)C)=C3)s2)C=C(C(C)(C)C)C1=O. The fraction of sp³-hybridized carbons (Fsp3) is 0.419. The van der Waals surface area contributed by atoms with Crippen LogP contribution in [0.15, 0.2) is 140 Å². The van der Waals surface area contributed by atoms with Crippen molar-refractivity contribution in [2.75, 3.05) is 0 Å². The molecule has 0 bridgehead atoms. The maximum Gasteiger partial charge on any atom is 0.186 e. The van der Waals surface area contributed by atoms with Crippen LogP contribution in [0.4, 0.5) is 0 Å². The van der Waals surface area contributed by atoms with Gasteiger partial charge in [0.2, 0.25) is 0 Å². The van der Waals surface area contributed by atoms with Crippen molar-refractivity contribution in [1.29, 1.82) is 0 Å². The number of allylic oxidation sites excluding steroid dienone is 20. The lowest BCUT2D eigenvalue weighted by Gasteiger charge is -2.34. The summed E-state index contributed by atoms with van der Waals surface area (Å²) in [5.74, 6) is 0.359. The molecule has 68 heavy (non-hydrogen) atoms. The van der Waals surface area contributed by atoms with Crippen LogP contribution in [0.3, 0.4) is 0 Å². The molecule has 0 saturated carbocycles. The predicted molar refractivity (Wildman–Crippen MR) is 291 cm³/mol. The van der Waals surface area contributed by atoms with Crippen molar-refractivity contribution in [1.82, 2.24) is 0 Å². The highest BCUT2D eigenvalue weighted by molar-refractivity contribution is 7.14. The van der Waals surface area contributed by atoms with Gasteiger partial charge in [-0.05, 0) is 177 Å². The third-order valence-corrected chi connectivity index (χ3v) is 15.0. The van der Waals surface area contributed by atoms with E-state index in [1.54, 1.807) is 22.7 Å². The lowest BCUT2D eigenvalue weighted by molar-refractivity contribution is -0.115. The fourth-order valence-electron chi connectivity index (χ4n) is 8.91. The van der Waals surface area contributed by atoms with Gasteiger partial charge in [0.05, 0.1) is 0 Å². The molecule has 0 fully saturated rings. The van der Waals surface area contributed by atoms with Gasteiger partial charge in [0, 0.05) is 58.5 Å². The van der Waals surface area contributed by atoms with E-state index in [1.165, 1.54) is 0 Å². The molecule has 2 aromatic rings. The predicted octanol–water partition coefficient (Wildman–Crippen LogP) is 16.8. The van der Waals surface area contributed by atoms with Crippen molar-refractivity contribution < 1.29 is 19.2 Å². The number of rotatable bonds is 8. The molecule has 0 saturated heterocycles. The molecular weight excluding hydrogens is 873 g/mol. The summed E-state index contributed by atoms with van der Waals surface area (Å²) in [6, 6.07) is 8.47. The maximum absolute atomic E-state index is 14.5. The van der Waals surface area contributed by atoms with Crippen molar-refractivity contribution in [3.05, 3.63) is 159 Å². The van der Waals surface area contributed by atoms with Crippen LogP contribution in [-0.2, 0) is 19.2 Å². The first kappa shape index (κ1) is 52.3. The molecule has 0 unspecified atom stereocenters. The molecule has 4 aliphatic carbocycles. The summed E-state index contributed by atoms with van der Waals surface area (Å²) in [5.41, 5.74) is 8.17. The van der Waals surface area contributed by atoms with Gasteiger partial charge in [0.1, 0.15) is 0 Å². The fourth-order valence-corrected chi connectivity index (χ4v) is 10.8. The summed E-state index contributed by atoms with van der Waals surface area (Å²) in [7, 11) is 0. The minimum absolute atomic E-state index is 0.0601. The summed E-state index contributed by atoms with van der Waals surface area (Å²) in [4.78, 5) is 59.6. The maximum atomic E-state index is 14.5. The smallest absolute Gasteiger partial charge is 0.186 e. The zero-order chi connectivity index (χ0) is 50.7. The van der Waals surface area contributed by atoms with Gasteiger partial charge in [-0.2, -0.15) is 0 Å². The molecule has 2 aromatic heterocycles. The Hall–Kier alpha value is -5.04. The summed E-state index contributed by atoms with van der Waals surface area (Å²) >= 11 is 3.36. The molecule has 0 aliphatic heterocycles. The second-order valence-corrected chi connectivity index (χ2v) is 27.1. The number of hydrogen-bond acceptors (Lipinski definition) is 6. The highest BCUT2D eigenvalue weighted by Crippen LogP contribution is 2.45. The third-order valence-electron chi connectivity index (χ3n) is 13.0. The van der Waals surface area contributed by atoms with Gasteiger partial charge < -0.3 is 0 Å². The van der Waals surface area contributed by atoms with Gasteiger partial charge in [-0.15, -0.1) is 22.7 Å². The Morgan fingerprint density at radius 2 is 0.647 bits per heavy atom. The summed E-state index contributed by atoms with van der Waals surface area (Å²) in [5, 5.41) is 0. The first-order chi connectivity index (χ1) is 31.1. The van der Waals surface area contributed by atoms with Gasteiger partial charge in [-0.25, -0.2) is 0 Å². The molecule has 0 radical (unpaired) electrons. The molecule has 0 aromatic carbocycles. The summed E-state index contributed by atoms with van der Waals surface area (Å²) in [6.45, 7) is 37.5. The van der Waals surface area contributed by atoms with Crippen LogP contribution in [0.2, 0.25) is 0 Å². The van der Waals surface area contributed by atoms with Gasteiger partial charge in [-0.1, -0.05) is 118 Å². The average molecular weight is 947 g/mol. The van der Waals surface area contributed by atoms with Crippen LogP contribution in [0.5, 0.6) is 0 Å². The highest BCUT2D eigenvalue weighted by atomic mass is 32.1. The first-order valence-corrected chi connectivity index (χ1v) is 25.7. The number of thiophene rings is 2. The van der Waals surface area contributed by atoms with Gasteiger partial charge >= 0.3 is 0 Å². The van der Waals surface area contributed by atoms with Crippen molar-refractivity contribution in [3.8, 4) is 0 Å². The van der Waals surface area contributed by atoms with Crippen molar-refractivity contribution >= 4 is 70.1 Å². The highest BCUT2D eigenvalue weighted by Gasteiger charge is 2.38. The van der Waals surface area contributed by atoms with Crippen LogP contribution >= 0.6 is 22.7 Å².